The lowest BCUT2D eigenvalue weighted by molar-refractivity contribution is -0.138. The largest absolute Gasteiger partial charge is 0.342 e. The Balaban J connectivity index is 1.37. The van der Waals surface area contributed by atoms with Gasteiger partial charge >= 0.3 is 0 Å². The monoisotopic (exact) mass is 386 g/mol. The first-order valence-corrected chi connectivity index (χ1v) is 10.1. The average molecular weight is 386 g/mol. The minimum absolute atomic E-state index is 0.00216. The van der Waals surface area contributed by atoms with Crippen LogP contribution in [-0.4, -0.2) is 66.8 Å². The molecule has 2 heterocycles. The molecule has 2 N–H and O–H groups in total. The molecule has 7 heteroatoms. The standard InChI is InChI=1S/C21H30N4O3/c1-24(15-17-5-3-2-4-6-17)20(27)8-7-16-9-11-25(12-10-16)21(28)18-13-22-14-19(26)23-18/h2-6,16,18,22H,7-15H2,1H3,(H,23,26)/t18-/m1/s1. The third-order valence-corrected chi connectivity index (χ3v) is 5.65. The zero-order valence-electron chi connectivity index (χ0n) is 16.5. The van der Waals surface area contributed by atoms with Crippen LogP contribution in [0.3, 0.4) is 0 Å². The summed E-state index contributed by atoms with van der Waals surface area (Å²) in [5, 5.41) is 5.73. The van der Waals surface area contributed by atoms with E-state index < -0.39 is 6.04 Å². The van der Waals surface area contributed by atoms with Gasteiger partial charge in [-0.25, -0.2) is 0 Å². The number of piperazine rings is 1. The minimum atomic E-state index is -0.453. The van der Waals surface area contributed by atoms with Gasteiger partial charge in [0.2, 0.25) is 17.7 Å². The molecule has 0 unspecified atom stereocenters. The quantitative estimate of drug-likeness (QED) is 0.756. The van der Waals surface area contributed by atoms with Crippen LogP contribution in [0.4, 0.5) is 0 Å². The molecule has 0 radical (unpaired) electrons. The van der Waals surface area contributed by atoms with Gasteiger partial charge in [0.1, 0.15) is 6.04 Å². The fourth-order valence-electron chi connectivity index (χ4n) is 3.90. The molecule has 1 aromatic carbocycles. The van der Waals surface area contributed by atoms with Crippen LogP contribution >= 0.6 is 0 Å². The Hall–Kier alpha value is -2.41. The number of nitrogens with one attached hydrogen (secondary N) is 2. The summed E-state index contributed by atoms with van der Waals surface area (Å²) in [4.78, 5) is 40.0. The van der Waals surface area contributed by atoms with Gasteiger partial charge in [-0.15, -0.1) is 0 Å². The molecular weight excluding hydrogens is 356 g/mol. The van der Waals surface area contributed by atoms with Crippen molar-refractivity contribution >= 4 is 17.7 Å². The van der Waals surface area contributed by atoms with Crippen molar-refractivity contribution in [1.82, 2.24) is 20.4 Å². The highest BCUT2D eigenvalue weighted by molar-refractivity contribution is 5.89. The van der Waals surface area contributed by atoms with Crippen molar-refractivity contribution < 1.29 is 14.4 Å². The molecule has 28 heavy (non-hydrogen) atoms. The van der Waals surface area contributed by atoms with E-state index in [9.17, 15) is 14.4 Å². The molecule has 7 nitrogen and oxygen atoms in total. The molecule has 1 aromatic rings. The first-order valence-electron chi connectivity index (χ1n) is 10.1. The van der Waals surface area contributed by atoms with E-state index in [2.05, 4.69) is 10.6 Å². The van der Waals surface area contributed by atoms with Gasteiger partial charge in [0.05, 0.1) is 6.54 Å². The second kappa shape index (κ2) is 9.68. The number of nitrogens with zero attached hydrogens (tertiary/aromatic N) is 2. The highest BCUT2D eigenvalue weighted by Crippen LogP contribution is 2.23. The summed E-state index contributed by atoms with van der Waals surface area (Å²) in [5.74, 6) is 0.505. The van der Waals surface area contributed by atoms with E-state index in [1.54, 1.807) is 4.90 Å². The van der Waals surface area contributed by atoms with Crippen LogP contribution in [0.25, 0.3) is 0 Å². The number of likely N-dealkylation sites (tertiary alicyclic amines) is 1. The van der Waals surface area contributed by atoms with Crippen LogP contribution in [0.5, 0.6) is 0 Å². The SMILES string of the molecule is CN(Cc1ccccc1)C(=O)CCC1CCN(C(=O)[C@H]2CNCC(=O)N2)CC1. The van der Waals surface area contributed by atoms with Crippen molar-refractivity contribution in [3.8, 4) is 0 Å². The Morgan fingerprint density at radius 3 is 2.57 bits per heavy atom. The third kappa shape index (κ3) is 5.55. The molecular formula is C21H30N4O3. The smallest absolute Gasteiger partial charge is 0.246 e. The van der Waals surface area contributed by atoms with Crippen LogP contribution in [0, 0.1) is 5.92 Å². The predicted octanol–water partition coefficient (Wildman–Crippen LogP) is 0.752. The van der Waals surface area contributed by atoms with E-state index in [0.717, 1.165) is 24.8 Å². The summed E-state index contributed by atoms with van der Waals surface area (Å²) in [6.45, 7) is 2.80. The van der Waals surface area contributed by atoms with Crippen LogP contribution in [0.1, 0.15) is 31.2 Å². The maximum Gasteiger partial charge on any atom is 0.246 e. The summed E-state index contributed by atoms with van der Waals surface area (Å²) in [7, 11) is 1.85. The number of hydrogen-bond donors (Lipinski definition) is 2. The second-order valence-electron chi connectivity index (χ2n) is 7.79. The molecule has 1 atom stereocenters. The van der Waals surface area contributed by atoms with Crippen LogP contribution in [0.2, 0.25) is 0 Å². The highest BCUT2D eigenvalue weighted by Gasteiger charge is 2.31. The first-order chi connectivity index (χ1) is 13.5. The zero-order chi connectivity index (χ0) is 19.9. The van der Waals surface area contributed by atoms with Crippen LogP contribution in [-0.2, 0) is 20.9 Å². The highest BCUT2D eigenvalue weighted by atomic mass is 16.2. The van der Waals surface area contributed by atoms with Gasteiger partial charge in [-0.05, 0) is 30.7 Å². The summed E-state index contributed by atoms with van der Waals surface area (Å²) >= 11 is 0. The lowest BCUT2D eigenvalue weighted by Gasteiger charge is -2.35. The molecule has 2 aliphatic rings. The number of carbonyl (C=O) groups is 3. The Labute approximate surface area is 166 Å². The maximum absolute atomic E-state index is 12.5. The molecule has 2 fully saturated rings. The van der Waals surface area contributed by atoms with E-state index >= 15 is 0 Å². The number of carbonyl (C=O) groups excluding carboxylic acids is 3. The van der Waals surface area contributed by atoms with E-state index in [1.807, 2.05) is 42.3 Å². The topological polar surface area (TPSA) is 81.8 Å². The second-order valence-corrected chi connectivity index (χ2v) is 7.79. The van der Waals surface area contributed by atoms with E-state index in [4.69, 9.17) is 0 Å². The fraction of sp³-hybridized carbons (Fsp3) is 0.571. The number of hydrogen-bond acceptors (Lipinski definition) is 4. The van der Waals surface area contributed by atoms with Gasteiger partial charge in [0, 0.05) is 39.6 Å². The molecule has 3 rings (SSSR count). The predicted molar refractivity (Wildman–Crippen MR) is 106 cm³/mol. The molecule has 0 aliphatic carbocycles. The lowest BCUT2D eigenvalue weighted by atomic mass is 9.91. The summed E-state index contributed by atoms with van der Waals surface area (Å²) in [5.41, 5.74) is 1.13. The van der Waals surface area contributed by atoms with Gasteiger partial charge in [-0.3, -0.25) is 14.4 Å². The maximum atomic E-state index is 12.5. The lowest BCUT2D eigenvalue weighted by Crippen LogP contribution is -2.59. The minimum Gasteiger partial charge on any atom is -0.342 e. The van der Waals surface area contributed by atoms with Crippen LogP contribution < -0.4 is 10.6 Å². The molecule has 0 saturated carbocycles. The van der Waals surface area contributed by atoms with Crippen molar-refractivity contribution in [3.05, 3.63) is 35.9 Å². The van der Waals surface area contributed by atoms with Crippen molar-refractivity contribution in [2.24, 2.45) is 5.92 Å². The average Bonchev–Trinajstić information content (AvgIpc) is 2.72. The molecule has 0 spiro atoms. The van der Waals surface area contributed by atoms with Gasteiger partial charge in [-0.2, -0.15) is 0 Å². The molecule has 0 aromatic heterocycles. The molecule has 152 valence electrons. The van der Waals surface area contributed by atoms with Crippen molar-refractivity contribution in [2.45, 2.75) is 38.3 Å². The number of amides is 3. The summed E-state index contributed by atoms with van der Waals surface area (Å²) in [6, 6.07) is 9.54. The fourth-order valence-corrected chi connectivity index (χ4v) is 3.90. The summed E-state index contributed by atoms with van der Waals surface area (Å²) < 4.78 is 0. The first kappa shape index (κ1) is 20.3. The zero-order valence-corrected chi connectivity index (χ0v) is 16.5. The Bertz CT molecular complexity index is 686. The normalized spacial score (nSPS) is 20.5. The third-order valence-electron chi connectivity index (χ3n) is 5.65. The van der Waals surface area contributed by atoms with E-state index in [1.165, 1.54) is 0 Å². The molecule has 0 bridgehead atoms. The Morgan fingerprint density at radius 1 is 1.18 bits per heavy atom. The summed E-state index contributed by atoms with van der Waals surface area (Å²) in [6.07, 6.45) is 3.23. The number of piperidine rings is 1. The Morgan fingerprint density at radius 2 is 1.89 bits per heavy atom. The van der Waals surface area contributed by atoms with Crippen molar-refractivity contribution in [1.29, 1.82) is 0 Å². The van der Waals surface area contributed by atoms with E-state index in [0.29, 0.717) is 38.5 Å². The van der Waals surface area contributed by atoms with E-state index in [-0.39, 0.29) is 24.3 Å². The van der Waals surface area contributed by atoms with Gasteiger partial charge < -0.3 is 20.4 Å². The van der Waals surface area contributed by atoms with Crippen molar-refractivity contribution in [3.63, 3.8) is 0 Å². The molecule has 3 amide bonds. The Kier molecular flexibility index (Phi) is 7.03. The van der Waals surface area contributed by atoms with Gasteiger partial charge in [-0.1, -0.05) is 30.3 Å². The van der Waals surface area contributed by atoms with Gasteiger partial charge in [0.15, 0.2) is 0 Å². The number of rotatable bonds is 6. The molecule has 2 aliphatic heterocycles. The van der Waals surface area contributed by atoms with Crippen molar-refractivity contribution in [2.75, 3.05) is 33.2 Å². The van der Waals surface area contributed by atoms with Crippen LogP contribution in [0.15, 0.2) is 30.3 Å². The number of benzene rings is 1. The van der Waals surface area contributed by atoms with Gasteiger partial charge in [0.25, 0.3) is 0 Å². The molecule has 2 saturated heterocycles.